The summed E-state index contributed by atoms with van der Waals surface area (Å²) in [6.07, 6.45) is 0.378. The van der Waals surface area contributed by atoms with Crippen LogP contribution in [0.4, 0.5) is 4.39 Å². The van der Waals surface area contributed by atoms with Gasteiger partial charge in [0.2, 0.25) is 0 Å². The lowest BCUT2D eigenvalue weighted by Crippen LogP contribution is -2.31. The number of rotatable bonds is 5. The molecule has 1 atom stereocenters. The van der Waals surface area contributed by atoms with Gasteiger partial charge in [0.1, 0.15) is 6.67 Å². The maximum atomic E-state index is 11.6. The van der Waals surface area contributed by atoms with Crippen molar-refractivity contribution in [1.29, 1.82) is 0 Å². The van der Waals surface area contributed by atoms with Crippen LogP contribution in [0, 0.1) is 5.41 Å². The van der Waals surface area contributed by atoms with E-state index in [9.17, 15) is 9.50 Å². The molecule has 2 N–H and O–H groups in total. The summed E-state index contributed by atoms with van der Waals surface area (Å²) in [7, 11) is 0. The van der Waals surface area contributed by atoms with Crippen molar-refractivity contribution < 1.29 is 9.50 Å². The van der Waals surface area contributed by atoms with Crippen LogP contribution in [0.3, 0.4) is 0 Å². The van der Waals surface area contributed by atoms with Crippen LogP contribution in [-0.2, 0) is 0 Å². The van der Waals surface area contributed by atoms with Gasteiger partial charge in [-0.3, -0.25) is 0 Å². The van der Waals surface area contributed by atoms with E-state index in [-0.39, 0.29) is 18.2 Å². The molecule has 0 fully saturated rings. The highest BCUT2D eigenvalue weighted by atomic mass is 19.1. The third kappa shape index (κ3) is 7.95. The van der Waals surface area contributed by atoms with Crippen molar-refractivity contribution in [3.63, 3.8) is 0 Å². The summed E-state index contributed by atoms with van der Waals surface area (Å²) in [6, 6.07) is 0. The summed E-state index contributed by atoms with van der Waals surface area (Å²) in [5, 5.41) is 12.3. The van der Waals surface area contributed by atoms with Gasteiger partial charge < -0.3 is 10.4 Å². The van der Waals surface area contributed by atoms with Crippen molar-refractivity contribution in [3.8, 4) is 0 Å². The molecule has 12 heavy (non-hydrogen) atoms. The molecular formula is C9H20FNO. The monoisotopic (exact) mass is 177 g/mol. The van der Waals surface area contributed by atoms with E-state index in [1.54, 1.807) is 0 Å². The molecule has 0 radical (unpaired) electrons. The molecule has 0 rings (SSSR count). The van der Waals surface area contributed by atoms with E-state index in [0.717, 1.165) is 6.42 Å². The molecule has 0 aliphatic rings. The summed E-state index contributed by atoms with van der Waals surface area (Å²) in [4.78, 5) is 0. The zero-order valence-corrected chi connectivity index (χ0v) is 8.23. The molecule has 0 heterocycles. The Hall–Kier alpha value is -0.150. The Kier molecular flexibility index (Phi) is 5.42. The highest BCUT2D eigenvalue weighted by Gasteiger charge is 2.15. The Morgan fingerprint density at radius 3 is 2.42 bits per heavy atom. The normalized spacial score (nSPS) is 14.8. The van der Waals surface area contributed by atoms with Crippen LogP contribution in [0.25, 0.3) is 0 Å². The topological polar surface area (TPSA) is 32.3 Å². The van der Waals surface area contributed by atoms with E-state index in [1.165, 1.54) is 0 Å². The molecular weight excluding hydrogens is 157 g/mol. The van der Waals surface area contributed by atoms with Gasteiger partial charge in [-0.2, -0.15) is 0 Å². The summed E-state index contributed by atoms with van der Waals surface area (Å²) in [5.74, 6) is 0. The van der Waals surface area contributed by atoms with Gasteiger partial charge in [0.05, 0.1) is 6.10 Å². The number of halogens is 1. The van der Waals surface area contributed by atoms with E-state index in [0.29, 0.717) is 13.1 Å². The molecule has 0 aliphatic carbocycles. The van der Waals surface area contributed by atoms with E-state index >= 15 is 0 Å². The minimum absolute atomic E-state index is 0.136. The number of nitrogens with one attached hydrogen (secondary N) is 1. The number of hydrogen-bond acceptors (Lipinski definition) is 2. The van der Waals surface area contributed by atoms with Crippen LogP contribution < -0.4 is 5.32 Å². The van der Waals surface area contributed by atoms with Gasteiger partial charge in [-0.15, -0.1) is 0 Å². The fourth-order valence-electron chi connectivity index (χ4n) is 1.11. The van der Waals surface area contributed by atoms with Crippen molar-refractivity contribution in [2.24, 2.45) is 5.41 Å². The van der Waals surface area contributed by atoms with Crippen molar-refractivity contribution in [2.45, 2.75) is 33.3 Å². The zero-order chi connectivity index (χ0) is 9.61. The molecule has 0 aromatic carbocycles. The molecule has 0 saturated carbocycles. The number of aliphatic hydroxyl groups is 1. The van der Waals surface area contributed by atoms with E-state index in [1.807, 2.05) is 0 Å². The van der Waals surface area contributed by atoms with E-state index in [2.05, 4.69) is 26.1 Å². The second-order valence-corrected chi connectivity index (χ2v) is 4.31. The number of aliphatic hydroxyl groups excluding tert-OH is 1. The summed E-state index contributed by atoms with van der Waals surface area (Å²) in [5.41, 5.74) is 0.136. The quantitative estimate of drug-likeness (QED) is 0.621. The van der Waals surface area contributed by atoms with Gasteiger partial charge in [-0.25, -0.2) is 4.39 Å². The number of hydrogen-bond donors (Lipinski definition) is 2. The molecule has 74 valence electrons. The van der Waals surface area contributed by atoms with Crippen molar-refractivity contribution in [2.75, 3.05) is 19.8 Å². The molecule has 0 saturated heterocycles. The third-order valence-corrected chi connectivity index (χ3v) is 1.50. The van der Waals surface area contributed by atoms with Gasteiger partial charge in [-0.05, 0) is 11.8 Å². The third-order valence-electron chi connectivity index (χ3n) is 1.50. The maximum absolute atomic E-state index is 11.6. The summed E-state index contributed by atoms with van der Waals surface area (Å²) < 4.78 is 11.6. The highest BCUT2D eigenvalue weighted by molar-refractivity contribution is 4.69. The molecule has 0 aromatic heterocycles. The molecule has 3 heteroatoms. The van der Waals surface area contributed by atoms with Crippen LogP contribution in [-0.4, -0.2) is 31.0 Å². The minimum Gasteiger partial charge on any atom is -0.392 e. The van der Waals surface area contributed by atoms with Crippen LogP contribution in [0.1, 0.15) is 27.2 Å². The van der Waals surface area contributed by atoms with Crippen molar-refractivity contribution in [1.82, 2.24) is 5.32 Å². The first kappa shape index (κ1) is 11.8. The minimum atomic E-state index is -0.373. The largest absolute Gasteiger partial charge is 0.392 e. The van der Waals surface area contributed by atoms with Gasteiger partial charge in [0.25, 0.3) is 0 Å². The molecule has 2 nitrogen and oxygen atoms in total. The average Bonchev–Trinajstić information content (AvgIpc) is 1.84. The SMILES string of the molecule is CC(C)(C)CC(O)CNCCF. The zero-order valence-electron chi connectivity index (χ0n) is 8.23. The molecule has 0 amide bonds. The Morgan fingerprint density at radius 2 is 2.00 bits per heavy atom. The molecule has 0 spiro atoms. The molecule has 0 bridgehead atoms. The fraction of sp³-hybridized carbons (Fsp3) is 1.00. The molecule has 0 aliphatic heterocycles. The lowest BCUT2D eigenvalue weighted by molar-refractivity contribution is 0.119. The lowest BCUT2D eigenvalue weighted by atomic mass is 9.89. The predicted octanol–water partition coefficient (Wildman–Crippen LogP) is 1.34. The van der Waals surface area contributed by atoms with Gasteiger partial charge >= 0.3 is 0 Å². The Bertz CT molecular complexity index is 112. The first-order valence-electron chi connectivity index (χ1n) is 4.40. The number of alkyl halides is 1. The van der Waals surface area contributed by atoms with Gasteiger partial charge in [0.15, 0.2) is 0 Å². The second-order valence-electron chi connectivity index (χ2n) is 4.31. The van der Waals surface area contributed by atoms with Crippen molar-refractivity contribution >= 4 is 0 Å². The van der Waals surface area contributed by atoms with Gasteiger partial charge in [-0.1, -0.05) is 20.8 Å². The van der Waals surface area contributed by atoms with Crippen LogP contribution in [0.15, 0.2) is 0 Å². The molecule has 1 unspecified atom stereocenters. The maximum Gasteiger partial charge on any atom is 0.102 e. The Labute approximate surface area is 74.2 Å². The second kappa shape index (κ2) is 5.49. The van der Waals surface area contributed by atoms with Crippen LogP contribution >= 0.6 is 0 Å². The van der Waals surface area contributed by atoms with Crippen LogP contribution in [0.2, 0.25) is 0 Å². The standard InChI is InChI=1S/C9H20FNO/c1-9(2,3)6-8(12)7-11-5-4-10/h8,11-12H,4-7H2,1-3H3. The van der Waals surface area contributed by atoms with E-state index < -0.39 is 0 Å². The van der Waals surface area contributed by atoms with Crippen LogP contribution in [0.5, 0.6) is 0 Å². The lowest BCUT2D eigenvalue weighted by Gasteiger charge is -2.22. The fourth-order valence-corrected chi connectivity index (χ4v) is 1.11. The Balaban J connectivity index is 3.40. The average molecular weight is 177 g/mol. The first-order valence-corrected chi connectivity index (χ1v) is 4.40. The predicted molar refractivity (Wildman–Crippen MR) is 48.9 cm³/mol. The highest BCUT2D eigenvalue weighted by Crippen LogP contribution is 2.20. The van der Waals surface area contributed by atoms with E-state index in [4.69, 9.17) is 0 Å². The van der Waals surface area contributed by atoms with Gasteiger partial charge in [0, 0.05) is 13.1 Å². The van der Waals surface area contributed by atoms with Crippen molar-refractivity contribution in [3.05, 3.63) is 0 Å². The summed E-state index contributed by atoms with van der Waals surface area (Å²) >= 11 is 0. The first-order chi connectivity index (χ1) is 5.45. The Morgan fingerprint density at radius 1 is 1.42 bits per heavy atom. The smallest absolute Gasteiger partial charge is 0.102 e. The molecule has 0 aromatic rings. The summed E-state index contributed by atoms with van der Waals surface area (Å²) in [6.45, 7) is 6.67.